The molecule has 29 heavy (non-hydrogen) atoms. The van der Waals surface area contributed by atoms with Crippen molar-refractivity contribution in [2.45, 2.75) is 24.6 Å². The third kappa shape index (κ3) is 3.97. The number of rotatable bonds is 4. The molecule has 1 amide bonds. The molecule has 2 aliphatic rings. The second kappa shape index (κ2) is 8.08. The third-order valence-electron chi connectivity index (χ3n) is 5.77. The number of sulfonamides is 1. The number of likely N-dealkylation sites (tertiary alicyclic amines) is 1. The van der Waals surface area contributed by atoms with E-state index in [0.717, 1.165) is 5.56 Å². The second-order valence-corrected chi connectivity index (χ2v) is 9.64. The van der Waals surface area contributed by atoms with Crippen molar-refractivity contribution in [3.8, 4) is 5.75 Å². The molecule has 4 rings (SSSR count). The Balaban J connectivity index is 1.46. The molecule has 0 spiro atoms. The van der Waals surface area contributed by atoms with E-state index in [1.807, 2.05) is 24.3 Å². The first-order valence-corrected chi connectivity index (χ1v) is 11.2. The lowest BCUT2D eigenvalue weighted by molar-refractivity contribution is 0.0758. The Bertz CT molecular complexity index is 983. The zero-order chi connectivity index (χ0) is 20.4. The zero-order valence-corrected chi connectivity index (χ0v) is 17.1. The average molecular weight is 417 g/mol. The molecule has 3 heterocycles. The largest absolute Gasteiger partial charge is 0.497 e. The summed E-state index contributed by atoms with van der Waals surface area (Å²) in [6, 6.07) is 9.12. The maximum atomic E-state index is 13.2. The molecule has 0 radical (unpaired) electrons. The number of aromatic nitrogens is 2. The predicted molar refractivity (Wildman–Crippen MR) is 107 cm³/mol. The quantitative estimate of drug-likeness (QED) is 0.751. The van der Waals surface area contributed by atoms with E-state index < -0.39 is 15.3 Å². The van der Waals surface area contributed by atoms with Crippen LogP contribution in [0.2, 0.25) is 0 Å². The number of methoxy groups -OCH3 is 1. The van der Waals surface area contributed by atoms with Crippen LogP contribution in [0.25, 0.3) is 0 Å². The number of hydrogen-bond acceptors (Lipinski definition) is 6. The number of carbonyl (C=O) groups is 1. The predicted octanol–water partition coefficient (Wildman–Crippen LogP) is 1.55. The summed E-state index contributed by atoms with van der Waals surface area (Å²) in [4.78, 5) is 14.4. The van der Waals surface area contributed by atoms with Crippen LogP contribution in [-0.4, -0.2) is 65.7 Å². The van der Waals surface area contributed by atoms with Gasteiger partial charge >= 0.3 is 0 Å². The van der Waals surface area contributed by atoms with Crippen LogP contribution in [-0.2, 0) is 16.6 Å². The van der Waals surface area contributed by atoms with E-state index in [4.69, 9.17) is 4.74 Å². The van der Waals surface area contributed by atoms with Crippen LogP contribution < -0.4 is 4.74 Å². The fraction of sp³-hybridized carbons (Fsp3) is 0.450. The molecule has 0 aliphatic carbocycles. The molecule has 0 bridgehead atoms. The molecule has 0 unspecified atom stereocenters. The Kier molecular flexibility index (Phi) is 5.51. The average Bonchev–Trinajstić information content (AvgIpc) is 2.88. The lowest BCUT2D eigenvalue weighted by Crippen LogP contribution is -2.34. The van der Waals surface area contributed by atoms with Crippen molar-refractivity contribution in [1.29, 1.82) is 0 Å². The van der Waals surface area contributed by atoms with E-state index in [2.05, 4.69) is 10.2 Å². The topological polar surface area (TPSA) is 92.7 Å². The van der Waals surface area contributed by atoms with Gasteiger partial charge in [-0.15, -0.1) is 0 Å². The van der Waals surface area contributed by atoms with Crippen LogP contribution in [0.1, 0.15) is 28.8 Å². The summed E-state index contributed by atoms with van der Waals surface area (Å²) in [6.45, 7) is 1.81. The minimum absolute atomic E-state index is 0.0268. The Hall–Kier alpha value is -2.52. The van der Waals surface area contributed by atoms with Crippen LogP contribution in [0, 0.1) is 5.92 Å². The molecule has 0 N–H and O–H groups in total. The lowest BCUT2D eigenvalue weighted by atomic mass is 10.0. The van der Waals surface area contributed by atoms with Gasteiger partial charge in [-0.2, -0.15) is 14.5 Å². The Morgan fingerprint density at radius 1 is 1.21 bits per heavy atom. The summed E-state index contributed by atoms with van der Waals surface area (Å²) >= 11 is 0. The van der Waals surface area contributed by atoms with E-state index in [9.17, 15) is 13.2 Å². The van der Waals surface area contributed by atoms with Crippen molar-refractivity contribution in [3.05, 3.63) is 53.9 Å². The first kappa shape index (κ1) is 19.8. The number of amides is 1. The van der Waals surface area contributed by atoms with Gasteiger partial charge in [0.15, 0.2) is 0 Å². The van der Waals surface area contributed by atoms with Crippen molar-refractivity contribution >= 4 is 15.9 Å². The molecule has 2 aromatic rings. The van der Waals surface area contributed by atoms with Crippen molar-refractivity contribution in [1.82, 2.24) is 19.4 Å². The van der Waals surface area contributed by atoms with Gasteiger partial charge < -0.3 is 9.64 Å². The van der Waals surface area contributed by atoms with Crippen molar-refractivity contribution in [2.24, 2.45) is 5.92 Å². The standard InChI is InChI=1S/C20H24N4O4S/c1-28-18-4-2-3-15(11-18)13-24-14-17-6-9-23(10-7-19(17)29(24,26)27)20(25)16-5-8-21-22-12-16/h2-5,8,11-12,17,19H,6-7,9-10,13-14H2,1H3/t17-,19-/m0/s1. The SMILES string of the molecule is COc1cccc(CN2C[C@@H]3CCN(C(=O)c4ccnnc4)CC[C@@H]3S2(=O)=O)c1. The summed E-state index contributed by atoms with van der Waals surface area (Å²) in [5.74, 6) is 0.623. The van der Waals surface area contributed by atoms with Crippen molar-refractivity contribution in [3.63, 3.8) is 0 Å². The van der Waals surface area contributed by atoms with Gasteiger partial charge in [-0.1, -0.05) is 12.1 Å². The molecular weight excluding hydrogens is 392 g/mol. The van der Waals surface area contributed by atoms with Crippen LogP contribution >= 0.6 is 0 Å². The molecule has 154 valence electrons. The Morgan fingerprint density at radius 2 is 2.03 bits per heavy atom. The number of carbonyl (C=O) groups excluding carboxylic acids is 1. The van der Waals surface area contributed by atoms with Gasteiger partial charge in [0.05, 0.1) is 30.3 Å². The lowest BCUT2D eigenvalue weighted by Gasteiger charge is -2.22. The molecule has 8 nitrogen and oxygen atoms in total. The Morgan fingerprint density at radius 3 is 2.79 bits per heavy atom. The third-order valence-corrected chi connectivity index (χ3v) is 8.15. The maximum Gasteiger partial charge on any atom is 0.255 e. The van der Waals surface area contributed by atoms with Gasteiger partial charge in [0.2, 0.25) is 10.0 Å². The minimum Gasteiger partial charge on any atom is -0.497 e. The fourth-order valence-corrected chi connectivity index (χ4v) is 6.45. The van der Waals surface area contributed by atoms with Gasteiger partial charge in [-0.3, -0.25) is 4.79 Å². The van der Waals surface area contributed by atoms with E-state index in [0.29, 0.717) is 50.3 Å². The molecule has 9 heteroatoms. The number of hydrogen-bond donors (Lipinski definition) is 0. The Labute approximate surface area is 170 Å². The number of fused-ring (bicyclic) bond motifs is 1. The van der Waals surface area contributed by atoms with Crippen LogP contribution in [0.5, 0.6) is 5.75 Å². The monoisotopic (exact) mass is 416 g/mol. The maximum absolute atomic E-state index is 13.2. The molecular formula is C20H24N4O4S. The second-order valence-electron chi connectivity index (χ2n) is 7.49. The van der Waals surface area contributed by atoms with E-state index >= 15 is 0 Å². The molecule has 2 saturated heterocycles. The number of ether oxygens (including phenoxy) is 1. The number of benzene rings is 1. The van der Waals surface area contributed by atoms with E-state index in [1.165, 1.54) is 12.4 Å². The highest BCUT2D eigenvalue weighted by Gasteiger charge is 2.47. The zero-order valence-electron chi connectivity index (χ0n) is 16.3. The molecule has 1 aromatic carbocycles. The van der Waals surface area contributed by atoms with Gasteiger partial charge in [-0.25, -0.2) is 8.42 Å². The highest BCUT2D eigenvalue weighted by atomic mass is 32.2. The van der Waals surface area contributed by atoms with Crippen molar-refractivity contribution in [2.75, 3.05) is 26.7 Å². The van der Waals surface area contributed by atoms with Crippen LogP contribution in [0.3, 0.4) is 0 Å². The van der Waals surface area contributed by atoms with E-state index in [-0.39, 0.29) is 11.8 Å². The highest BCUT2D eigenvalue weighted by molar-refractivity contribution is 7.90. The number of nitrogens with zero attached hydrogens (tertiary/aromatic N) is 4. The van der Waals surface area contributed by atoms with Gasteiger partial charge in [0, 0.05) is 26.2 Å². The van der Waals surface area contributed by atoms with Crippen LogP contribution in [0.4, 0.5) is 0 Å². The molecule has 2 atom stereocenters. The summed E-state index contributed by atoms with van der Waals surface area (Å²) in [7, 11) is -1.81. The first-order chi connectivity index (χ1) is 14.0. The first-order valence-electron chi connectivity index (χ1n) is 9.67. The summed E-state index contributed by atoms with van der Waals surface area (Å²) in [5.41, 5.74) is 1.39. The smallest absolute Gasteiger partial charge is 0.255 e. The molecule has 2 aliphatic heterocycles. The van der Waals surface area contributed by atoms with Gasteiger partial charge in [0.25, 0.3) is 5.91 Å². The van der Waals surface area contributed by atoms with Gasteiger partial charge in [0.1, 0.15) is 5.75 Å². The summed E-state index contributed by atoms with van der Waals surface area (Å²) in [5, 5.41) is 7.01. The normalized spacial score (nSPS) is 24.0. The fourth-order valence-electron chi connectivity index (χ4n) is 4.23. The summed E-state index contributed by atoms with van der Waals surface area (Å²) < 4.78 is 33.1. The molecule has 2 fully saturated rings. The van der Waals surface area contributed by atoms with Crippen molar-refractivity contribution < 1.29 is 17.9 Å². The highest BCUT2D eigenvalue weighted by Crippen LogP contribution is 2.35. The van der Waals surface area contributed by atoms with Gasteiger partial charge in [-0.05, 0) is 42.5 Å². The molecule has 0 saturated carbocycles. The minimum atomic E-state index is -3.41. The summed E-state index contributed by atoms with van der Waals surface area (Å²) in [6.07, 6.45) is 4.05. The van der Waals surface area contributed by atoms with Crippen LogP contribution in [0.15, 0.2) is 42.7 Å². The molecule has 1 aromatic heterocycles. The van der Waals surface area contributed by atoms with E-state index in [1.54, 1.807) is 22.4 Å².